The third kappa shape index (κ3) is 2.43. The monoisotopic (exact) mass is 205 g/mol. The van der Waals surface area contributed by atoms with Gasteiger partial charge in [-0.2, -0.15) is 0 Å². The molecule has 4 heteroatoms. The summed E-state index contributed by atoms with van der Waals surface area (Å²) in [5.41, 5.74) is 0.896. The largest absolute Gasteiger partial charge is 0.485 e. The number of carbonyl (C=O) groups excluding carboxylic acids is 1. The SMILES string of the molecule is O=C=NCc1ccccc1OC1COC1. The lowest BCUT2D eigenvalue weighted by Gasteiger charge is -2.27. The van der Waals surface area contributed by atoms with Gasteiger partial charge in [-0.15, -0.1) is 0 Å². The Kier molecular flexibility index (Phi) is 3.12. The van der Waals surface area contributed by atoms with Crippen LogP contribution in [0.2, 0.25) is 0 Å². The van der Waals surface area contributed by atoms with Crippen molar-refractivity contribution in [2.75, 3.05) is 13.2 Å². The second-order valence-corrected chi connectivity index (χ2v) is 3.29. The van der Waals surface area contributed by atoms with Crippen LogP contribution in [-0.2, 0) is 16.1 Å². The quantitative estimate of drug-likeness (QED) is 0.550. The Morgan fingerprint density at radius 2 is 2.27 bits per heavy atom. The normalized spacial score (nSPS) is 15.2. The molecule has 1 aliphatic heterocycles. The van der Waals surface area contributed by atoms with Crippen LogP contribution in [0.15, 0.2) is 29.3 Å². The first-order valence-electron chi connectivity index (χ1n) is 4.76. The van der Waals surface area contributed by atoms with E-state index in [-0.39, 0.29) is 6.10 Å². The van der Waals surface area contributed by atoms with Crippen LogP contribution in [0.5, 0.6) is 5.75 Å². The molecule has 0 N–H and O–H groups in total. The van der Waals surface area contributed by atoms with E-state index >= 15 is 0 Å². The molecule has 0 aromatic heterocycles. The number of aliphatic imine (C=N–C) groups is 1. The highest BCUT2D eigenvalue weighted by molar-refractivity contribution is 5.37. The summed E-state index contributed by atoms with van der Waals surface area (Å²) in [5.74, 6) is 0.768. The zero-order valence-electron chi connectivity index (χ0n) is 8.18. The van der Waals surface area contributed by atoms with Crippen molar-refractivity contribution in [3.63, 3.8) is 0 Å². The standard InChI is InChI=1S/C11H11NO3/c13-8-12-5-9-3-1-2-4-11(9)15-10-6-14-7-10/h1-4,10H,5-7H2. The molecule has 2 rings (SSSR count). The second kappa shape index (κ2) is 4.73. The van der Waals surface area contributed by atoms with Crippen LogP contribution in [0.25, 0.3) is 0 Å². The summed E-state index contributed by atoms with van der Waals surface area (Å²) in [4.78, 5) is 13.6. The van der Waals surface area contributed by atoms with Gasteiger partial charge in [-0.1, -0.05) is 18.2 Å². The van der Waals surface area contributed by atoms with E-state index in [1.54, 1.807) is 0 Å². The van der Waals surface area contributed by atoms with Crippen LogP contribution < -0.4 is 4.74 Å². The Bertz CT molecular complexity index is 381. The maximum atomic E-state index is 10.0. The van der Waals surface area contributed by atoms with Gasteiger partial charge >= 0.3 is 0 Å². The molecular weight excluding hydrogens is 194 g/mol. The van der Waals surface area contributed by atoms with E-state index < -0.39 is 0 Å². The summed E-state index contributed by atoms with van der Waals surface area (Å²) in [5, 5.41) is 0. The van der Waals surface area contributed by atoms with Crippen molar-refractivity contribution >= 4 is 6.08 Å². The lowest BCUT2D eigenvalue weighted by molar-refractivity contribution is -0.0799. The number of para-hydroxylation sites is 1. The molecular formula is C11H11NO3. The minimum atomic E-state index is 0.131. The molecule has 0 saturated carbocycles. The van der Waals surface area contributed by atoms with Gasteiger partial charge < -0.3 is 9.47 Å². The van der Waals surface area contributed by atoms with Crippen molar-refractivity contribution in [2.24, 2.45) is 4.99 Å². The van der Waals surface area contributed by atoms with Crippen molar-refractivity contribution in [3.8, 4) is 5.75 Å². The third-order valence-electron chi connectivity index (χ3n) is 2.19. The first-order valence-corrected chi connectivity index (χ1v) is 4.76. The van der Waals surface area contributed by atoms with Gasteiger partial charge in [0.25, 0.3) is 0 Å². The van der Waals surface area contributed by atoms with Gasteiger partial charge in [0.1, 0.15) is 11.9 Å². The Hall–Kier alpha value is -1.64. The van der Waals surface area contributed by atoms with E-state index in [9.17, 15) is 4.79 Å². The van der Waals surface area contributed by atoms with Gasteiger partial charge in [-0.05, 0) is 6.07 Å². The fourth-order valence-corrected chi connectivity index (χ4v) is 1.33. The van der Waals surface area contributed by atoms with Gasteiger partial charge in [0.05, 0.1) is 19.8 Å². The molecule has 78 valence electrons. The molecule has 1 aliphatic rings. The third-order valence-corrected chi connectivity index (χ3v) is 2.19. The number of rotatable bonds is 4. The molecule has 0 bridgehead atoms. The average molecular weight is 205 g/mol. The molecule has 4 nitrogen and oxygen atoms in total. The van der Waals surface area contributed by atoms with E-state index in [0.29, 0.717) is 19.8 Å². The maximum absolute atomic E-state index is 10.0. The van der Waals surface area contributed by atoms with Crippen LogP contribution in [0.1, 0.15) is 5.56 Å². The number of isocyanates is 1. The summed E-state index contributed by atoms with van der Waals surface area (Å²) in [6.07, 6.45) is 1.65. The first kappa shape index (κ1) is 9.90. The van der Waals surface area contributed by atoms with Crippen LogP contribution in [0, 0.1) is 0 Å². The molecule has 1 saturated heterocycles. The van der Waals surface area contributed by atoms with E-state index in [1.807, 2.05) is 24.3 Å². The zero-order valence-corrected chi connectivity index (χ0v) is 8.18. The van der Waals surface area contributed by atoms with Crippen LogP contribution >= 0.6 is 0 Å². The van der Waals surface area contributed by atoms with Crippen molar-refractivity contribution in [2.45, 2.75) is 12.6 Å². The number of nitrogens with zero attached hydrogens (tertiary/aromatic N) is 1. The van der Waals surface area contributed by atoms with Crippen molar-refractivity contribution < 1.29 is 14.3 Å². The fraction of sp³-hybridized carbons (Fsp3) is 0.364. The molecule has 1 aromatic rings. The number of ether oxygens (including phenoxy) is 2. The summed E-state index contributed by atoms with van der Waals surface area (Å²) < 4.78 is 10.7. The molecule has 1 fully saturated rings. The Morgan fingerprint density at radius 3 is 2.93 bits per heavy atom. The number of hydrogen-bond acceptors (Lipinski definition) is 4. The van der Waals surface area contributed by atoms with E-state index in [0.717, 1.165) is 11.3 Å². The highest BCUT2D eigenvalue weighted by Crippen LogP contribution is 2.21. The lowest BCUT2D eigenvalue weighted by atomic mass is 10.2. The van der Waals surface area contributed by atoms with Crippen LogP contribution in [-0.4, -0.2) is 25.4 Å². The Morgan fingerprint density at radius 1 is 1.47 bits per heavy atom. The zero-order chi connectivity index (χ0) is 10.5. The lowest BCUT2D eigenvalue weighted by Crippen LogP contribution is -2.38. The minimum Gasteiger partial charge on any atom is -0.485 e. The highest BCUT2D eigenvalue weighted by Gasteiger charge is 2.20. The summed E-state index contributed by atoms with van der Waals surface area (Å²) in [6.45, 7) is 1.57. The molecule has 0 amide bonds. The van der Waals surface area contributed by atoms with Crippen molar-refractivity contribution in [3.05, 3.63) is 29.8 Å². The van der Waals surface area contributed by atoms with Crippen molar-refractivity contribution in [1.82, 2.24) is 0 Å². The molecule has 1 aromatic carbocycles. The molecule has 15 heavy (non-hydrogen) atoms. The topological polar surface area (TPSA) is 47.9 Å². The molecule has 0 atom stereocenters. The fourth-order valence-electron chi connectivity index (χ4n) is 1.33. The minimum absolute atomic E-state index is 0.131. The van der Waals surface area contributed by atoms with Gasteiger partial charge in [0.2, 0.25) is 6.08 Å². The van der Waals surface area contributed by atoms with Gasteiger partial charge in [0.15, 0.2) is 0 Å². The summed E-state index contributed by atoms with van der Waals surface area (Å²) in [7, 11) is 0. The van der Waals surface area contributed by atoms with Gasteiger partial charge in [-0.3, -0.25) is 0 Å². The van der Waals surface area contributed by atoms with E-state index in [4.69, 9.17) is 9.47 Å². The number of benzene rings is 1. The molecule has 0 unspecified atom stereocenters. The first-order chi connectivity index (χ1) is 7.40. The molecule has 0 aliphatic carbocycles. The van der Waals surface area contributed by atoms with Crippen LogP contribution in [0.4, 0.5) is 0 Å². The van der Waals surface area contributed by atoms with E-state index in [1.165, 1.54) is 6.08 Å². The average Bonchev–Trinajstić information content (AvgIpc) is 2.22. The summed E-state index contributed by atoms with van der Waals surface area (Å²) in [6, 6.07) is 7.53. The van der Waals surface area contributed by atoms with Crippen molar-refractivity contribution in [1.29, 1.82) is 0 Å². The predicted octanol–water partition coefficient (Wildman–Crippen LogP) is 1.30. The Balaban J connectivity index is 2.09. The van der Waals surface area contributed by atoms with Gasteiger partial charge in [-0.25, -0.2) is 9.79 Å². The van der Waals surface area contributed by atoms with E-state index in [2.05, 4.69) is 4.99 Å². The smallest absolute Gasteiger partial charge is 0.235 e. The van der Waals surface area contributed by atoms with Crippen LogP contribution in [0.3, 0.4) is 0 Å². The summed E-state index contributed by atoms with van der Waals surface area (Å²) >= 11 is 0. The number of hydrogen-bond donors (Lipinski definition) is 0. The molecule has 0 radical (unpaired) electrons. The van der Waals surface area contributed by atoms with Gasteiger partial charge in [0, 0.05) is 5.56 Å². The molecule has 1 heterocycles. The second-order valence-electron chi connectivity index (χ2n) is 3.29. The molecule has 0 spiro atoms. The Labute approximate surface area is 87.5 Å². The predicted molar refractivity (Wildman–Crippen MR) is 53.5 cm³/mol. The maximum Gasteiger partial charge on any atom is 0.235 e. The highest BCUT2D eigenvalue weighted by atomic mass is 16.6.